The molecule has 0 bridgehead atoms. The summed E-state index contributed by atoms with van der Waals surface area (Å²) in [6.45, 7) is 11.8. The van der Waals surface area contributed by atoms with E-state index < -0.39 is 11.3 Å². The molecule has 37 heavy (non-hydrogen) atoms. The van der Waals surface area contributed by atoms with Crippen molar-refractivity contribution in [2.75, 3.05) is 36.0 Å². The van der Waals surface area contributed by atoms with Crippen molar-refractivity contribution in [3.63, 3.8) is 0 Å². The largest absolute Gasteiger partial charge is 0.456 e. The van der Waals surface area contributed by atoms with Gasteiger partial charge >= 0.3 is 11.3 Å². The normalized spacial score (nSPS) is 11.4. The van der Waals surface area contributed by atoms with Crippen LogP contribution < -0.4 is 21.1 Å². The molecule has 3 aromatic heterocycles. The fourth-order valence-corrected chi connectivity index (χ4v) is 4.74. The van der Waals surface area contributed by atoms with Crippen molar-refractivity contribution in [3.8, 4) is 22.6 Å². The number of fused-ring (bicyclic) bond motifs is 2. The number of benzene rings is 2. The fraction of sp³-hybridized carbons (Fsp3) is 0.267. The van der Waals surface area contributed by atoms with E-state index in [1.165, 1.54) is 0 Å². The van der Waals surface area contributed by atoms with Crippen molar-refractivity contribution in [2.24, 2.45) is 0 Å². The van der Waals surface area contributed by atoms with Crippen molar-refractivity contribution < 1.29 is 13.3 Å². The van der Waals surface area contributed by atoms with Crippen LogP contribution in [-0.2, 0) is 0 Å². The molecule has 2 aromatic carbocycles. The first-order valence-electron chi connectivity index (χ1n) is 12.7. The van der Waals surface area contributed by atoms with E-state index in [-0.39, 0.29) is 0 Å². The van der Waals surface area contributed by atoms with Gasteiger partial charge in [-0.25, -0.2) is 9.59 Å². The molecule has 0 amide bonds. The predicted molar refractivity (Wildman–Crippen MR) is 149 cm³/mol. The Morgan fingerprint density at radius 3 is 1.32 bits per heavy atom. The van der Waals surface area contributed by atoms with Crippen LogP contribution in [0.15, 0.2) is 83.5 Å². The van der Waals surface area contributed by atoms with Crippen LogP contribution in [0.2, 0.25) is 0 Å². The molecule has 5 aromatic rings. The molecule has 0 aliphatic rings. The molecule has 5 rings (SSSR count). The van der Waals surface area contributed by atoms with Crippen molar-refractivity contribution in [2.45, 2.75) is 27.7 Å². The Morgan fingerprint density at radius 1 is 0.541 bits per heavy atom. The van der Waals surface area contributed by atoms with E-state index in [9.17, 15) is 9.59 Å². The van der Waals surface area contributed by atoms with Gasteiger partial charge in [0.2, 0.25) is 0 Å². The van der Waals surface area contributed by atoms with Gasteiger partial charge in [0, 0.05) is 60.5 Å². The highest BCUT2D eigenvalue weighted by Gasteiger charge is 2.17. The van der Waals surface area contributed by atoms with Crippen LogP contribution in [0, 0.1) is 0 Å². The number of nitrogens with zero attached hydrogens (tertiary/aromatic N) is 2. The smallest absolute Gasteiger partial charge is 0.347 e. The fourth-order valence-electron chi connectivity index (χ4n) is 4.74. The van der Waals surface area contributed by atoms with Crippen molar-refractivity contribution >= 4 is 33.3 Å². The summed E-state index contributed by atoms with van der Waals surface area (Å²) in [4.78, 5) is 30.1. The lowest BCUT2D eigenvalue weighted by atomic mass is 10.1. The molecule has 0 atom stereocenters. The molecule has 190 valence electrons. The summed E-state index contributed by atoms with van der Waals surface area (Å²) >= 11 is 0. The lowest BCUT2D eigenvalue weighted by molar-refractivity contribution is 0.543. The Balaban J connectivity index is 1.51. The first kappa shape index (κ1) is 24.4. The number of rotatable bonds is 8. The van der Waals surface area contributed by atoms with Crippen molar-refractivity contribution in [3.05, 3.63) is 81.5 Å². The Kier molecular flexibility index (Phi) is 6.61. The van der Waals surface area contributed by atoms with Gasteiger partial charge in [-0.05, 0) is 76.2 Å². The molecular formula is C30H30N2O5. The predicted octanol–water partition coefficient (Wildman–Crippen LogP) is 6.52. The Morgan fingerprint density at radius 2 is 0.946 bits per heavy atom. The maximum atomic E-state index is 12.9. The molecule has 0 saturated heterocycles. The van der Waals surface area contributed by atoms with Crippen LogP contribution in [0.3, 0.4) is 0 Å². The van der Waals surface area contributed by atoms with Gasteiger partial charge < -0.3 is 23.1 Å². The van der Waals surface area contributed by atoms with Crippen molar-refractivity contribution in [1.29, 1.82) is 0 Å². The lowest BCUT2D eigenvalue weighted by Gasteiger charge is -2.21. The van der Waals surface area contributed by atoms with E-state index in [1.54, 1.807) is 24.3 Å². The minimum Gasteiger partial charge on any atom is -0.456 e. The summed E-state index contributed by atoms with van der Waals surface area (Å²) in [5, 5.41) is 1.58. The van der Waals surface area contributed by atoms with Crippen LogP contribution in [0.4, 0.5) is 11.4 Å². The minimum atomic E-state index is -0.500. The Labute approximate surface area is 214 Å². The van der Waals surface area contributed by atoms with E-state index in [2.05, 4.69) is 37.5 Å². The topological polar surface area (TPSA) is 80.0 Å². The molecule has 3 heterocycles. The molecule has 0 fully saturated rings. The maximum Gasteiger partial charge on any atom is 0.347 e. The van der Waals surface area contributed by atoms with E-state index in [1.807, 2.05) is 36.4 Å². The van der Waals surface area contributed by atoms with Gasteiger partial charge in [0.15, 0.2) is 0 Å². The highest BCUT2D eigenvalue weighted by Crippen LogP contribution is 2.30. The molecule has 0 saturated carbocycles. The minimum absolute atomic E-state index is 0.295. The summed E-state index contributed by atoms with van der Waals surface area (Å²) in [5.74, 6) is 0.657. The van der Waals surface area contributed by atoms with Crippen LogP contribution in [0.25, 0.3) is 44.6 Å². The third-order valence-electron chi connectivity index (χ3n) is 6.83. The zero-order chi connectivity index (χ0) is 26.1. The van der Waals surface area contributed by atoms with Gasteiger partial charge in [0.05, 0.1) is 0 Å². The average Bonchev–Trinajstić information content (AvgIpc) is 3.39. The summed E-state index contributed by atoms with van der Waals surface area (Å²) in [6.07, 6.45) is 0. The molecule has 0 spiro atoms. The highest BCUT2D eigenvalue weighted by atomic mass is 16.4. The first-order valence-corrected chi connectivity index (χ1v) is 12.7. The van der Waals surface area contributed by atoms with E-state index in [0.29, 0.717) is 33.8 Å². The molecule has 0 aliphatic heterocycles. The maximum absolute atomic E-state index is 12.9. The lowest BCUT2D eigenvalue weighted by Crippen LogP contribution is -2.21. The number of furan rings is 1. The van der Waals surface area contributed by atoms with Crippen molar-refractivity contribution in [1.82, 2.24) is 0 Å². The molecule has 0 unspecified atom stereocenters. The summed E-state index contributed by atoms with van der Waals surface area (Å²) in [7, 11) is 0. The molecular weight excluding hydrogens is 468 g/mol. The van der Waals surface area contributed by atoms with E-state index >= 15 is 0 Å². The second-order valence-electron chi connectivity index (χ2n) is 8.85. The van der Waals surface area contributed by atoms with E-state index in [4.69, 9.17) is 13.3 Å². The quantitative estimate of drug-likeness (QED) is 0.225. The van der Waals surface area contributed by atoms with E-state index in [0.717, 1.165) is 48.3 Å². The van der Waals surface area contributed by atoms with Gasteiger partial charge in [-0.3, -0.25) is 0 Å². The van der Waals surface area contributed by atoms with Crippen LogP contribution >= 0.6 is 0 Å². The SMILES string of the molecule is CCN(CC)c1ccc2cc(-c3ccc(-c4cc5ccc(N(CC)CC)cc5oc4=O)o3)c(=O)oc2c1. The van der Waals surface area contributed by atoms with Crippen LogP contribution in [-0.4, -0.2) is 26.2 Å². The van der Waals surface area contributed by atoms with Gasteiger partial charge in [-0.2, -0.15) is 0 Å². The second-order valence-corrected chi connectivity index (χ2v) is 8.85. The van der Waals surface area contributed by atoms with Gasteiger partial charge in [0.1, 0.15) is 33.8 Å². The number of hydrogen-bond acceptors (Lipinski definition) is 7. The highest BCUT2D eigenvalue weighted by molar-refractivity contribution is 5.85. The molecule has 0 aliphatic carbocycles. The first-order chi connectivity index (χ1) is 17.9. The van der Waals surface area contributed by atoms with Crippen LogP contribution in [0.1, 0.15) is 27.7 Å². The monoisotopic (exact) mass is 498 g/mol. The summed E-state index contributed by atoms with van der Waals surface area (Å²) in [5.41, 5.74) is 2.63. The van der Waals surface area contributed by atoms with Gasteiger partial charge in [0.25, 0.3) is 0 Å². The van der Waals surface area contributed by atoms with Crippen LogP contribution in [0.5, 0.6) is 0 Å². The molecule has 7 nitrogen and oxygen atoms in total. The van der Waals surface area contributed by atoms with Gasteiger partial charge in [-0.1, -0.05) is 0 Å². The zero-order valence-electron chi connectivity index (χ0n) is 21.5. The van der Waals surface area contributed by atoms with Gasteiger partial charge in [-0.15, -0.1) is 0 Å². The Hall–Kier alpha value is -4.26. The third kappa shape index (κ3) is 4.53. The number of hydrogen-bond donors (Lipinski definition) is 0. The molecule has 7 heteroatoms. The standard InChI is InChI=1S/C30H30N2O5/c1-5-31(6-2)21-11-9-19-15-23(29(33)36-27(19)17-21)25-13-14-26(35-25)24-16-20-10-12-22(32(7-3)8-4)18-28(20)37-30(24)34/h9-18H,5-8H2,1-4H3. The third-order valence-corrected chi connectivity index (χ3v) is 6.83. The second kappa shape index (κ2) is 10.0. The number of anilines is 2. The average molecular weight is 499 g/mol. The summed E-state index contributed by atoms with van der Waals surface area (Å²) in [6, 6.07) is 18.5. The zero-order valence-corrected chi connectivity index (χ0v) is 21.5. The molecule has 0 radical (unpaired) electrons. The summed E-state index contributed by atoms with van der Waals surface area (Å²) < 4.78 is 17.3. The Bertz CT molecular complexity index is 1560. The molecule has 0 N–H and O–H groups in total.